The van der Waals surface area contributed by atoms with Crippen LogP contribution < -0.4 is 5.73 Å². The number of nitrogens with two attached hydrogens (primary N) is 1. The molecule has 2 aromatic rings. The Bertz CT molecular complexity index is 688. The maximum Gasteiger partial charge on any atom is 0.416 e. The van der Waals surface area contributed by atoms with Crippen LogP contribution in [0.5, 0.6) is 0 Å². The second kappa shape index (κ2) is 6.23. The number of hydrogen-bond acceptors (Lipinski definition) is 1. The van der Waals surface area contributed by atoms with Crippen molar-refractivity contribution >= 4 is 0 Å². The fourth-order valence-corrected chi connectivity index (χ4v) is 2.40. The first-order valence-corrected chi connectivity index (χ1v) is 6.71. The minimum Gasteiger partial charge on any atom is -0.330 e. The zero-order valence-corrected chi connectivity index (χ0v) is 11.8. The maximum atomic E-state index is 13.1. The quantitative estimate of drug-likeness (QED) is 0.795. The van der Waals surface area contributed by atoms with Crippen LogP contribution in [0.15, 0.2) is 42.5 Å². The predicted molar refractivity (Wildman–Crippen MR) is 74.6 cm³/mol. The Kier molecular flexibility index (Phi) is 4.70. The topological polar surface area (TPSA) is 26.0 Å². The number of hydrogen-bond donors (Lipinski definition) is 1. The van der Waals surface area contributed by atoms with E-state index in [4.69, 9.17) is 5.73 Å². The van der Waals surface area contributed by atoms with E-state index in [1.165, 1.54) is 24.3 Å². The molecule has 1 nitrogen and oxygen atoms in total. The molecule has 0 saturated carbocycles. The van der Waals surface area contributed by atoms with Gasteiger partial charge in [-0.15, -0.1) is 0 Å². The van der Waals surface area contributed by atoms with Crippen LogP contribution in [-0.4, -0.2) is 6.54 Å². The summed E-state index contributed by atoms with van der Waals surface area (Å²) in [6.45, 7) is -0.0426. The minimum absolute atomic E-state index is 0.0426. The highest BCUT2D eigenvalue weighted by Crippen LogP contribution is 2.38. The van der Waals surface area contributed by atoms with Crippen LogP contribution in [0.25, 0.3) is 11.1 Å². The van der Waals surface area contributed by atoms with E-state index in [0.717, 1.165) is 18.2 Å². The van der Waals surface area contributed by atoms with Crippen LogP contribution in [0.4, 0.5) is 26.3 Å². The number of alkyl halides is 6. The van der Waals surface area contributed by atoms with Crippen LogP contribution in [0.2, 0.25) is 0 Å². The first kappa shape index (κ1) is 17.3. The van der Waals surface area contributed by atoms with Crippen LogP contribution in [0, 0.1) is 0 Å². The van der Waals surface area contributed by atoms with Gasteiger partial charge in [-0.3, -0.25) is 0 Å². The van der Waals surface area contributed by atoms with Crippen LogP contribution in [0.3, 0.4) is 0 Å². The van der Waals surface area contributed by atoms with Gasteiger partial charge in [0.2, 0.25) is 0 Å². The van der Waals surface area contributed by atoms with Crippen molar-refractivity contribution in [3.63, 3.8) is 0 Å². The van der Waals surface area contributed by atoms with Crippen molar-refractivity contribution in [2.24, 2.45) is 5.73 Å². The molecule has 2 aromatic carbocycles. The lowest BCUT2D eigenvalue weighted by atomic mass is 9.92. The molecule has 2 N–H and O–H groups in total. The second-order valence-corrected chi connectivity index (χ2v) is 4.95. The number of halogens is 6. The van der Waals surface area contributed by atoms with Gasteiger partial charge in [0, 0.05) is 0 Å². The Morgan fingerprint density at radius 2 is 1.48 bits per heavy atom. The summed E-state index contributed by atoms with van der Waals surface area (Å²) in [6.07, 6.45) is -9.24. The third-order valence-corrected chi connectivity index (χ3v) is 3.38. The first-order chi connectivity index (χ1) is 10.6. The standard InChI is InChI=1S/C16H13F6N/c17-15(18,19)11-4-1-3-10(9-11)12-5-2-6-14(16(20,21)22)13(12)7-8-23/h1-6,9H,7-8,23H2. The van der Waals surface area contributed by atoms with Crippen molar-refractivity contribution in [1.29, 1.82) is 0 Å². The second-order valence-electron chi connectivity index (χ2n) is 4.95. The van der Waals surface area contributed by atoms with Crippen molar-refractivity contribution < 1.29 is 26.3 Å². The molecule has 124 valence electrons. The van der Waals surface area contributed by atoms with E-state index in [-0.39, 0.29) is 29.7 Å². The lowest BCUT2D eigenvalue weighted by molar-refractivity contribution is -0.138. The molecule has 2 rings (SSSR count). The van der Waals surface area contributed by atoms with Crippen molar-refractivity contribution in [3.8, 4) is 11.1 Å². The Morgan fingerprint density at radius 3 is 2.04 bits per heavy atom. The Morgan fingerprint density at radius 1 is 0.826 bits per heavy atom. The minimum atomic E-state index is -4.60. The number of rotatable bonds is 3. The third kappa shape index (κ3) is 3.85. The molecule has 0 aliphatic heterocycles. The highest BCUT2D eigenvalue weighted by molar-refractivity contribution is 5.70. The summed E-state index contributed by atoms with van der Waals surface area (Å²) in [6, 6.07) is 7.70. The van der Waals surface area contributed by atoms with E-state index in [9.17, 15) is 26.3 Å². The summed E-state index contributed by atoms with van der Waals surface area (Å²) in [7, 11) is 0. The van der Waals surface area contributed by atoms with E-state index >= 15 is 0 Å². The summed E-state index contributed by atoms with van der Waals surface area (Å²) in [5.41, 5.74) is 3.67. The van der Waals surface area contributed by atoms with Gasteiger partial charge in [-0.2, -0.15) is 26.3 Å². The van der Waals surface area contributed by atoms with E-state index in [2.05, 4.69) is 0 Å². The molecular weight excluding hydrogens is 320 g/mol. The average molecular weight is 333 g/mol. The lowest BCUT2D eigenvalue weighted by Crippen LogP contribution is -2.14. The SMILES string of the molecule is NCCc1c(-c2cccc(C(F)(F)F)c2)cccc1C(F)(F)F. The molecule has 0 aliphatic rings. The molecule has 0 saturated heterocycles. The predicted octanol–water partition coefficient (Wildman–Crippen LogP) is 4.89. The molecule has 0 spiro atoms. The number of benzene rings is 2. The molecule has 0 fully saturated rings. The summed E-state index contributed by atoms with van der Waals surface area (Å²) >= 11 is 0. The largest absolute Gasteiger partial charge is 0.416 e. The van der Waals surface area contributed by atoms with E-state index in [0.29, 0.717) is 0 Å². The van der Waals surface area contributed by atoms with Crippen LogP contribution in [0.1, 0.15) is 16.7 Å². The normalized spacial score (nSPS) is 12.5. The Hall–Kier alpha value is -2.02. The van der Waals surface area contributed by atoms with E-state index in [1.807, 2.05) is 0 Å². The average Bonchev–Trinajstić information content (AvgIpc) is 2.46. The molecule has 0 aromatic heterocycles. The third-order valence-electron chi connectivity index (χ3n) is 3.38. The molecule has 0 radical (unpaired) electrons. The van der Waals surface area contributed by atoms with Gasteiger partial charge in [0.25, 0.3) is 0 Å². The molecule has 23 heavy (non-hydrogen) atoms. The van der Waals surface area contributed by atoms with Gasteiger partial charge in [0.1, 0.15) is 0 Å². The molecule has 0 heterocycles. The van der Waals surface area contributed by atoms with Gasteiger partial charge in [-0.05, 0) is 47.9 Å². The van der Waals surface area contributed by atoms with E-state index < -0.39 is 23.5 Å². The lowest BCUT2D eigenvalue weighted by Gasteiger charge is -2.17. The van der Waals surface area contributed by atoms with Gasteiger partial charge < -0.3 is 5.73 Å². The van der Waals surface area contributed by atoms with Crippen LogP contribution >= 0.6 is 0 Å². The van der Waals surface area contributed by atoms with Crippen molar-refractivity contribution in [2.45, 2.75) is 18.8 Å². The monoisotopic (exact) mass is 333 g/mol. The summed E-state index contributed by atoms with van der Waals surface area (Å²) < 4.78 is 77.7. The molecule has 0 atom stereocenters. The highest BCUT2D eigenvalue weighted by Gasteiger charge is 2.34. The zero-order valence-electron chi connectivity index (χ0n) is 11.8. The summed E-state index contributed by atoms with van der Waals surface area (Å²) in [4.78, 5) is 0. The summed E-state index contributed by atoms with van der Waals surface area (Å²) in [5.74, 6) is 0. The van der Waals surface area contributed by atoms with Crippen molar-refractivity contribution in [1.82, 2.24) is 0 Å². The van der Waals surface area contributed by atoms with Gasteiger partial charge in [0.15, 0.2) is 0 Å². The van der Waals surface area contributed by atoms with Crippen LogP contribution in [-0.2, 0) is 18.8 Å². The van der Waals surface area contributed by atoms with Gasteiger partial charge >= 0.3 is 12.4 Å². The molecule has 7 heteroatoms. The Balaban J connectivity index is 2.64. The molecule has 0 unspecified atom stereocenters. The van der Waals surface area contributed by atoms with Crippen molar-refractivity contribution in [3.05, 3.63) is 59.2 Å². The van der Waals surface area contributed by atoms with Crippen molar-refractivity contribution in [2.75, 3.05) is 6.54 Å². The molecule has 0 aliphatic carbocycles. The van der Waals surface area contributed by atoms with Gasteiger partial charge in [-0.25, -0.2) is 0 Å². The highest BCUT2D eigenvalue weighted by atomic mass is 19.4. The van der Waals surface area contributed by atoms with Gasteiger partial charge in [0.05, 0.1) is 11.1 Å². The fraction of sp³-hybridized carbons (Fsp3) is 0.250. The zero-order chi connectivity index (χ0) is 17.3. The smallest absolute Gasteiger partial charge is 0.330 e. The first-order valence-electron chi connectivity index (χ1n) is 6.71. The fourth-order valence-electron chi connectivity index (χ4n) is 2.40. The Labute approximate surface area is 128 Å². The van der Waals surface area contributed by atoms with Gasteiger partial charge in [-0.1, -0.05) is 24.3 Å². The maximum absolute atomic E-state index is 13.1. The molecule has 0 amide bonds. The molecule has 0 bridgehead atoms. The summed E-state index contributed by atoms with van der Waals surface area (Å²) in [5, 5.41) is 0. The molecular formula is C16H13F6N. The van der Waals surface area contributed by atoms with E-state index in [1.54, 1.807) is 0 Å².